The van der Waals surface area contributed by atoms with Gasteiger partial charge >= 0.3 is 0 Å². The highest BCUT2D eigenvalue weighted by molar-refractivity contribution is 6.46. The van der Waals surface area contributed by atoms with Gasteiger partial charge < -0.3 is 24.2 Å². The highest BCUT2D eigenvalue weighted by atomic mass is 16.5. The Bertz CT molecular complexity index is 1200. The van der Waals surface area contributed by atoms with Gasteiger partial charge in [-0.25, -0.2) is 0 Å². The number of unbranched alkanes of at least 4 members (excludes halogenated alkanes) is 2. The average Bonchev–Trinajstić information content (AvgIpc) is 3.23. The summed E-state index contributed by atoms with van der Waals surface area (Å²) in [6.07, 6.45) is 4.72. The zero-order valence-corrected chi connectivity index (χ0v) is 24.7. The van der Waals surface area contributed by atoms with Gasteiger partial charge in [-0.2, -0.15) is 0 Å². The zero-order chi connectivity index (χ0) is 29.2. The third-order valence-electron chi connectivity index (χ3n) is 7.70. The molecule has 1 N–H and O–H groups in total. The van der Waals surface area contributed by atoms with Crippen LogP contribution in [0.5, 0.6) is 11.5 Å². The fraction of sp³-hybridized carbons (Fsp3) is 0.515. The number of hydrogen-bond donors (Lipinski definition) is 1. The number of amides is 1. The van der Waals surface area contributed by atoms with Crippen LogP contribution in [0.15, 0.2) is 48.0 Å². The van der Waals surface area contributed by atoms with Crippen molar-refractivity contribution in [2.45, 2.75) is 58.9 Å². The molecule has 2 heterocycles. The molecule has 1 atom stereocenters. The maximum absolute atomic E-state index is 13.5. The molecule has 0 aromatic heterocycles. The molecule has 0 saturated carbocycles. The van der Waals surface area contributed by atoms with E-state index in [0.29, 0.717) is 50.7 Å². The van der Waals surface area contributed by atoms with E-state index in [0.717, 1.165) is 62.2 Å². The molecule has 2 fully saturated rings. The van der Waals surface area contributed by atoms with Crippen molar-refractivity contribution in [1.82, 2.24) is 9.80 Å². The first-order valence-corrected chi connectivity index (χ1v) is 15.0. The molecule has 1 amide bonds. The number of rotatable bonds is 14. The number of nitrogens with zero attached hydrogens (tertiary/aromatic N) is 2. The van der Waals surface area contributed by atoms with Gasteiger partial charge in [0.25, 0.3) is 11.7 Å². The SMILES string of the molecule is CCCCOc1ccc(C2/C(=C(\O)c3ccc(OCCCC)cc3C)C(=O)C(=O)N2CCCN2CCOCC2)cc1. The second kappa shape index (κ2) is 15.0. The Labute approximate surface area is 243 Å². The summed E-state index contributed by atoms with van der Waals surface area (Å²) < 4.78 is 17.1. The molecular weight excluding hydrogens is 520 g/mol. The summed E-state index contributed by atoms with van der Waals surface area (Å²) in [5.74, 6) is 0.0425. The quantitative estimate of drug-likeness (QED) is 0.140. The number of carbonyl (C=O) groups excluding carboxylic acids is 2. The number of aryl methyl sites for hydroxylation is 1. The van der Waals surface area contributed by atoms with E-state index in [2.05, 4.69) is 18.7 Å². The van der Waals surface area contributed by atoms with E-state index in [9.17, 15) is 14.7 Å². The smallest absolute Gasteiger partial charge is 0.295 e. The van der Waals surface area contributed by atoms with Gasteiger partial charge in [0.05, 0.1) is 38.0 Å². The lowest BCUT2D eigenvalue weighted by Gasteiger charge is -2.29. The standard InChI is InChI=1S/C33H44N2O6/c1-4-6-19-40-26-11-9-25(10-12-26)30-29(31(36)28-14-13-27(23-24(28)3)41-20-7-5-2)32(37)33(38)35(30)16-8-15-34-17-21-39-22-18-34/h9-14,23,30,36H,4-8,15-22H2,1-3H3/b31-29+. The highest BCUT2D eigenvalue weighted by Gasteiger charge is 2.46. The molecule has 0 aliphatic carbocycles. The third-order valence-corrected chi connectivity index (χ3v) is 7.70. The molecule has 222 valence electrons. The molecule has 0 bridgehead atoms. The Morgan fingerprint density at radius 3 is 2.17 bits per heavy atom. The molecule has 2 saturated heterocycles. The predicted octanol–water partition coefficient (Wildman–Crippen LogP) is 5.50. The lowest BCUT2D eigenvalue weighted by molar-refractivity contribution is -0.140. The van der Waals surface area contributed by atoms with E-state index in [4.69, 9.17) is 14.2 Å². The summed E-state index contributed by atoms with van der Waals surface area (Å²) >= 11 is 0. The number of morpholine rings is 1. The minimum Gasteiger partial charge on any atom is -0.507 e. The molecule has 0 radical (unpaired) electrons. The van der Waals surface area contributed by atoms with E-state index in [-0.39, 0.29) is 11.3 Å². The van der Waals surface area contributed by atoms with Gasteiger partial charge in [0.2, 0.25) is 0 Å². The number of hydrogen-bond acceptors (Lipinski definition) is 7. The number of aliphatic hydroxyl groups is 1. The molecule has 1 unspecified atom stereocenters. The Morgan fingerprint density at radius 1 is 0.902 bits per heavy atom. The van der Waals surface area contributed by atoms with E-state index >= 15 is 0 Å². The first-order chi connectivity index (χ1) is 19.9. The Balaban J connectivity index is 1.64. The largest absolute Gasteiger partial charge is 0.507 e. The first kappa shape index (κ1) is 30.6. The lowest BCUT2D eigenvalue weighted by Crippen LogP contribution is -2.38. The van der Waals surface area contributed by atoms with Gasteiger partial charge in [-0.3, -0.25) is 14.5 Å². The molecular formula is C33H44N2O6. The fourth-order valence-electron chi connectivity index (χ4n) is 5.30. The molecule has 2 aromatic rings. The summed E-state index contributed by atoms with van der Waals surface area (Å²) in [5, 5.41) is 11.6. The zero-order valence-electron chi connectivity index (χ0n) is 24.7. The number of likely N-dealkylation sites (tertiary alicyclic amines) is 1. The van der Waals surface area contributed by atoms with Gasteiger partial charge in [-0.15, -0.1) is 0 Å². The number of carbonyl (C=O) groups is 2. The van der Waals surface area contributed by atoms with Crippen LogP contribution in [0.4, 0.5) is 0 Å². The van der Waals surface area contributed by atoms with Crippen LogP contribution in [-0.4, -0.2) is 79.2 Å². The molecule has 8 nitrogen and oxygen atoms in total. The molecule has 0 spiro atoms. The molecule has 4 rings (SSSR count). The van der Waals surface area contributed by atoms with Crippen molar-refractivity contribution in [2.24, 2.45) is 0 Å². The van der Waals surface area contributed by atoms with Crippen LogP contribution in [0.2, 0.25) is 0 Å². The Kier molecular flexibility index (Phi) is 11.2. The van der Waals surface area contributed by atoms with E-state index in [1.54, 1.807) is 17.0 Å². The predicted molar refractivity (Wildman–Crippen MR) is 159 cm³/mol. The van der Waals surface area contributed by atoms with Crippen molar-refractivity contribution in [3.63, 3.8) is 0 Å². The molecule has 8 heteroatoms. The average molecular weight is 565 g/mol. The van der Waals surface area contributed by atoms with Gasteiger partial charge in [0.15, 0.2) is 0 Å². The summed E-state index contributed by atoms with van der Waals surface area (Å²) in [5.41, 5.74) is 2.16. The number of aliphatic hydroxyl groups excluding tert-OH is 1. The minimum absolute atomic E-state index is 0.115. The van der Waals surface area contributed by atoms with Crippen LogP contribution >= 0.6 is 0 Å². The number of Topliss-reactive ketones (excluding diaryl/α,β-unsaturated/α-hetero) is 1. The number of ketones is 1. The van der Waals surface area contributed by atoms with E-state index in [1.807, 2.05) is 37.3 Å². The van der Waals surface area contributed by atoms with Crippen molar-refractivity contribution >= 4 is 17.4 Å². The Morgan fingerprint density at radius 2 is 1.54 bits per heavy atom. The second-order valence-corrected chi connectivity index (χ2v) is 10.7. The fourth-order valence-corrected chi connectivity index (χ4v) is 5.30. The van der Waals surface area contributed by atoms with Crippen molar-refractivity contribution in [2.75, 3.05) is 52.6 Å². The van der Waals surface area contributed by atoms with Crippen molar-refractivity contribution < 1.29 is 28.9 Å². The molecule has 2 aliphatic rings. The van der Waals surface area contributed by atoms with Gasteiger partial charge in [-0.05, 0) is 67.6 Å². The van der Waals surface area contributed by atoms with E-state index < -0.39 is 17.7 Å². The maximum Gasteiger partial charge on any atom is 0.295 e. The lowest BCUT2D eigenvalue weighted by atomic mass is 9.93. The first-order valence-electron chi connectivity index (χ1n) is 15.0. The third kappa shape index (κ3) is 7.68. The van der Waals surface area contributed by atoms with Crippen LogP contribution in [-0.2, 0) is 14.3 Å². The second-order valence-electron chi connectivity index (χ2n) is 10.7. The number of ether oxygens (including phenoxy) is 3. The maximum atomic E-state index is 13.5. The van der Waals surface area contributed by atoms with Gasteiger partial charge in [-0.1, -0.05) is 38.8 Å². The number of benzene rings is 2. The van der Waals surface area contributed by atoms with Crippen LogP contribution in [0.3, 0.4) is 0 Å². The summed E-state index contributed by atoms with van der Waals surface area (Å²) in [6, 6.07) is 12.2. The van der Waals surface area contributed by atoms with Crippen LogP contribution in [0.1, 0.15) is 68.7 Å². The summed E-state index contributed by atoms with van der Waals surface area (Å²) in [6.45, 7) is 11.7. The minimum atomic E-state index is -0.690. The van der Waals surface area contributed by atoms with Crippen LogP contribution in [0.25, 0.3) is 5.76 Å². The van der Waals surface area contributed by atoms with Crippen molar-refractivity contribution in [3.8, 4) is 11.5 Å². The molecule has 41 heavy (non-hydrogen) atoms. The van der Waals surface area contributed by atoms with Crippen LogP contribution in [0, 0.1) is 6.92 Å². The topological polar surface area (TPSA) is 88.5 Å². The van der Waals surface area contributed by atoms with Gasteiger partial charge in [0.1, 0.15) is 17.3 Å². The van der Waals surface area contributed by atoms with Crippen molar-refractivity contribution in [1.29, 1.82) is 0 Å². The summed E-state index contributed by atoms with van der Waals surface area (Å²) in [4.78, 5) is 30.8. The van der Waals surface area contributed by atoms with Crippen LogP contribution < -0.4 is 9.47 Å². The van der Waals surface area contributed by atoms with Gasteiger partial charge in [0, 0.05) is 31.7 Å². The normalized spacial score (nSPS) is 19.1. The molecule has 2 aromatic carbocycles. The molecule has 2 aliphatic heterocycles. The Hall–Kier alpha value is -3.36. The monoisotopic (exact) mass is 564 g/mol. The summed E-state index contributed by atoms with van der Waals surface area (Å²) in [7, 11) is 0. The van der Waals surface area contributed by atoms with E-state index in [1.165, 1.54) is 0 Å². The highest BCUT2D eigenvalue weighted by Crippen LogP contribution is 2.40. The van der Waals surface area contributed by atoms with Crippen molar-refractivity contribution in [3.05, 3.63) is 64.7 Å².